The van der Waals surface area contributed by atoms with E-state index in [0.29, 0.717) is 12.0 Å². The van der Waals surface area contributed by atoms with Crippen LogP contribution in [0.25, 0.3) is 0 Å². The number of nitrogens with zero attached hydrogens (tertiary/aromatic N) is 1. The van der Waals surface area contributed by atoms with E-state index in [1.54, 1.807) is 0 Å². The third-order valence-corrected chi connectivity index (χ3v) is 3.84. The summed E-state index contributed by atoms with van der Waals surface area (Å²) < 4.78 is 0. The Kier molecular flexibility index (Phi) is 3.85. The molecule has 1 aliphatic carbocycles. The van der Waals surface area contributed by atoms with Gasteiger partial charge in [0.2, 0.25) is 0 Å². The largest absolute Gasteiger partial charge is 0.330 e. The molecule has 1 aromatic rings. The van der Waals surface area contributed by atoms with Crippen LogP contribution in [0, 0.1) is 5.92 Å². The van der Waals surface area contributed by atoms with Gasteiger partial charge in [-0.2, -0.15) is 0 Å². The van der Waals surface area contributed by atoms with Gasteiger partial charge in [-0.25, -0.2) is 0 Å². The molecule has 2 nitrogen and oxygen atoms in total. The van der Waals surface area contributed by atoms with Crippen molar-refractivity contribution >= 4 is 11.6 Å². The van der Waals surface area contributed by atoms with Gasteiger partial charge in [0, 0.05) is 17.6 Å². The van der Waals surface area contributed by atoms with Gasteiger partial charge in [-0.3, -0.25) is 4.90 Å². The molecule has 0 bridgehead atoms. The summed E-state index contributed by atoms with van der Waals surface area (Å²) in [6.45, 7) is 1.80. The highest BCUT2D eigenvalue weighted by Gasteiger charge is 2.32. The van der Waals surface area contributed by atoms with Gasteiger partial charge in [-0.1, -0.05) is 23.7 Å². The van der Waals surface area contributed by atoms with Crippen molar-refractivity contribution in [1.29, 1.82) is 0 Å². The van der Waals surface area contributed by atoms with Crippen LogP contribution in [0.5, 0.6) is 0 Å². The van der Waals surface area contributed by atoms with E-state index in [1.807, 2.05) is 12.1 Å². The SMILES string of the molecule is CN(Cc1ccc(Cl)cc1)C1CCC1CN. The lowest BCUT2D eigenvalue weighted by atomic mass is 9.78. The van der Waals surface area contributed by atoms with Crippen LogP contribution in [0.4, 0.5) is 0 Å². The fourth-order valence-corrected chi connectivity index (χ4v) is 2.53. The molecule has 1 aromatic carbocycles. The standard InChI is InChI=1S/C13H19ClN2/c1-16(13-7-4-11(13)8-15)9-10-2-5-12(14)6-3-10/h2-3,5-6,11,13H,4,7-9,15H2,1H3. The Morgan fingerprint density at radius 1 is 1.31 bits per heavy atom. The lowest BCUT2D eigenvalue weighted by Gasteiger charge is -2.42. The highest BCUT2D eigenvalue weighted by Crippen LogP contribution is 2.31. The van der Waals surface area contributed by atoms with Crippen LogP contribution in [-0.4, -0.2) is 24.5 Å². The Morgan fingerprint density at radius 2 is 2.00 bits per heavy atom. The molecule has 2 rings (SSSR count). The molecule has 2 N–H and O–H groups in total. The van der Waals surface area contributed by atoms with Gasteiger partial charge in [0.1, 0.15) is 0 Å². The van der Waals surface area contributed by atoms with E-state index in [4.69, 9.17) is 17.3 Å². The first-order valence-electron chi connectivity index (χ1n) is 5.85. The normalized spacial score (nSPS) is 24.5. The first-order chi connectivity index (χ1) is 7.70. The highest BCUT2D eigenvalue weighted by molar-refractivity contribution is 6.30. The van der Waals surface area contributed by atoms with Crippen LogP contribution in [-0.2, 0) is 6.54 Å². The van der Waals surface area contributed by atoms with Crippen molar-refractivity contribution in [3.63, 3.8) is 0 Å². The van der Waals surface area contributed by atoms with Crippen LogP contribution < -0.4 is 5.73 Å². The second-order valence-corrected chi connectivity index (χ2v) is 5.12. The molecule has 0 aromatic heterocycles. The Morgan fingerprint density at radius 3 is 2.50 bits per heavy atom. The number of nitrogens with two attached hydrogens (primary N) is 1. The van der Waals surface area contributed by atoms with Gasteiger partial charge in [-0.05, 0) is 50.0 Å². The monoisotopic (exact) mass is 238 g/mol. The molecule has 2 atom stereocenters. The van der Waals surface area contributed by atoms with E-state index in [0.717, 1.165) is 18.1 Å². The predicted octanol–water partition coefficient (Wildman–Crippen LogP) is 2.51. The minimum absolute atomic E-state index is 0.667. The maximum absolute atomic E-state index is 5.86. The van der Waals surface area contributed by atoms with E-state index in [1.165, 1.54) is 18.4 Å². The van der Waals surface area contributed by atoms with Gasteiger partial charge >= 0.3 is 0 Å². The number of hydrogen-bond donors (Lipinski definition) is 1. The number of hydrogen-bond acceptors (Lipinski definition) is 2. The molecule has 0 radical (unpaired) electrons. The topological polar surface area (TPSA) is 29.3 Å². The van der Waals surface area contributed by atoms with Crippen LogP contribution in [0.2, 0.25) is 5.02 Å². The zero-order chi connectivity index (χ0) is 11.5. The Hall–Kier alpha value is -0.570. The average molecular weight is 239 g/mol. The smallest absolute Gasteiger partial charge is 0.0406 e. The number of rotatable bonds is 4. The summed E-state index contributed by atoms with van der Waals surface area (Å²) in [6.07, 6.45) is 2.57. The van der Waals surface area contributed by atoms with Crippen molar-refractivity contribution in [2.75, 3.05) is 13.6 Å². The molecule has 88 valence electrons. The summed E-state index contributed by atoms with van der Waals surface area (Å²) in [5.74, 6) is 0.692. The van der Waals surface area contributed by atoms with E-state index >= 15 is 0 Å². The number of halogens is 1. The lowest BCUT2D eigenvalue weighted by molar-refractivity contribution is 0.0837. The van der Waals surface area contributed by atoms with E-state index < -0.39 is 0 Å². The van der Waals surface area contributed by atoms with Crippen molar-refractivity contribution < 1.29 is 0 Å². The van der Waals surface area contributed by atoms with E-state index in [-0.39, 0.29) is 0 Å². The predicted molar refractivity (Wildman–Crippen MR) is 68.5 cm³/mol. The molecule has 3 heteroatoms. The molecule has 1 aliphatic rings. The highest BCUT2D eigenvalue weighted by atomic mass is 35.5. The molecule has 1 fully saturated rings. The minimum atomic E-state index is 0.667. The Labute approximate surface area is 102 Å². The maximum Gasteiger partial charge on any atom is 0.0406 e. The van der Waals surface area contributed by atoms with Crippen LogP contribution in [0.1, 0.15) is 18.4 Å². The van der Waals surface area contributed by atoms with Crippen molar-refractivity contribution in [2.45, 2.75) is 25.4 Å². The van der Waals surface area contributed by atoms with Crippen molar-refractivity contribution in [1.82, 2.24) is 4.90 Å². The fourth-order valence-electron chi connectivity index (χ4n) is 2.40. The Balaban J connectivity index is 1.91. The zero-order valence-corrected chi connectivity index (χ0v) is 10.5. The molecule has 0 saturated heterocycles. The fraction of sp³-hybridized carbons (Fsp3) is 0.538. The van der Waals surface area contributed by atoms with Gasteiger partial charge in [0.25, 0.3) is 0 Å². The van der Waals surface area contributed by atoms with Gasteiger partial charge in [0.15, 0.2) is 0 Å². The zero-order valence-electron chi connectivity index (χ0n) is 9.70. The molecular weight excluding hydrogens is 220 g/mol. The molecule has 0 amide bonds. The van der Waals surface area contributed by atoms with Gasteiger partial charge in [-0.15, -0.1) is 0 Å². The third-order valence-electron chi connectivity index (χ3n) is 3.59. The van der Waals surface area contributed by atoms with Crippen molar-refractivity contribution in [2.24, 2.45) is 11.7 Å². The van der Waals surface area contributed by atoms with E-state index in [2.05, 4.69) is 24.1 Å². The summed E-state index contributed by atoms with van der Waals surface area (Å²) in [7, 11) is 2.18. The second kappa shape index (κ2) is 5.17. The molecule has 1 saturated carbocycles. The van der Waals surface area contributed by atoms with Crippen LogP contribution in [0.3, 0.4) is 0 Å². The molecule has 16 heavy (non-hydrogen) atoms. The average Bonchev–Trinajstić information content (AvgIpc) is 2.20. The molecular formula is C13H19ClN2. The second-order valence-electron chi connectivity index (χ2n) is 4.68. The van der Waals surface area contributed by atoms with Crippen LogP contribution in [0.15, 0.2) is 24.3 Å². The Bertz CT molecular complexity index is 334. The third kappa shape index (κ3) is 2.57. The quantitative estimate of drug-likeness (QED) is 0.874. The van der Waals surface area contributed by atoms with Gasteiger partial charge < -0.3 is 5.73 Å². The van der Waals surface area contributed by atoms with Crippen molar-refractivity contribution in [3.8, 4) is 0 Å². The summed E-state index contributed by atoms with van der Waals surface area (Å²) in [4.78, 5) is 2.41. The van der Waals surface area contributed by atoms with Crippen LogP contribution >= 0.6 is 11.6 Å². The molecule has 0 aliphatic heterocycles. The summed E-state index contributed by atoms with van der Waals surface area (Å²) in [6, 6.07) is 8.75. The van der Waals surface area contributed by atoms with Crippen molar-refractivity contribution in [3.05, 3.63) is 34.9 Å². The lowest BCUT2D eigenvalue weighted by Crippen LogP contribution is -2.47. The first kappa shape index (κ1) is 11.9. The van der Waals surface area contributed by atoms with Gasteiger partial charge in [0.05, 0.1) is 0 Å². The molecule has 0 heterocycles. The van der Waals surface area contributed by atoms with E-state index in [9.17, 15) is 0 Å². The molecule has 0 spiro atoms. The molecule has 2 unspecified atom stereocenters. The summed E-state index contributed by atoms with van der Waals surface area (Å²) in [5, 5.41) is 0.801. The summed E-state index contributed by atoms with van der Waals surface area (Å²) in [5.41, 5.74) is 7.05. The number of benzene rings is 1. The first-order valence-corrected chi connectivity index (χ1v) is 6.23. The minimum Gasteiger partial charge on any atom is -0.330 e. The summed E-state index contributed by atoms with van der Waals surface area (Å²) >= 11 is 5.86. The maximum atomic E-state index is 5.86.